The van der Waals surface area contributed by atoms with Gasteiger partial charge in [0.2, 0.25) is 0 Å². The quantitative estimate of drug-likeness (QED) is 0.761. The van der Waals surface area contributed by atoms with Gasteiger partial charge in [0.25, 0.3) is 0 Å². The van der Waals surface area contributed by atoms with Crippen LogP contribution in [0, 0.1) is 0 Å². The Labute approximate surface area is 103 Å². The summed E-state index contributed by atoms with van der Waals surface area (Å²) in [6, 6.07) is 8.42. The van der Waals surface area contributed by atoms with E-state index < -0.39 is 0 Å². The third kappa shape index (κ3) is 3.78. The maximum absolute atomic E-state index is 8.61. The number of piperazine rings is 1. The Morgan fingerprint density at radius 2 is 1.65 bits per heavy atom. The first-order valence-electron chi connectivity index (χ1n) is 6.13. The molecule has 1 aromatic carbocycles. The van der Waals surface area contributed by atoms with Crippen LogP contribution in [0.3, 0.4) is 0 Å². The molecule has 1 heterocycles. The molecule has 4 heteroatoms. The molecule has 1 aliphatic rings. The van der Waals surface area contributed by atoms with E-state index in [9.17, 15) is 0 Å². The Kier molecular flexibility index (Phi) is 4.50. The summed E-state index contributed by atoms with van der Waals surface area (Å²) in [6.45, 7) is 6.15. The molecule has 4 nitrogen and oxygen atoms in total. The van der Waals surface area contributed by atoms with E-state index in [-0.39, 0.29) is 0 Å². The molecule has 1 fully saturated rings. The monoisotopic (exact) mass is 235 g/mol. The van der Waals surface area contributed by atoms with Crippen LogP contribution in [0.5, 0.6) is 0 Å². The summed E-state index contributed by atoms with van der Waals surface area (Å²) in [5, 5.41) is 8.61. The number of hydrogen-bond donors (Lipinski definition) is 2. The van der Waals surface area contributed by atoms with Crippen molar-refractivity contribution in [2.45, 2.75) is 13.1 Å². The zero-order chi connectivity index (χ0) is 12.1. The van der Waals surface area contributed by atoms with Gasteiger partial charge in [-0.05, 0) is 18.2 Å². The third-order valence-electron chi connectivity index (χ3n) is 3.31. The molecule has 94 valence electrons. The van der Waals surface area contributed by atoms with Crippen LogP contribution in [-0.4, -0.2) is 48.2 Å². The van der Waals surface area contributed by atoms with Gasteiger partial charge in [-0.25, -0.2) is 5.48 Å². The van der Waals surface area contributed by atoms with Crippen molar-refractivity contribution in [2.24, 2.45) is 0 Å². The highest BCUT2D eigenvalue weighted by atomic mass is 16.5. The van der Waals surface area contributed by atoms with E-state index in [4.69, 9.17) is 5.21 Å². The molecule has 0 saturated carbocycles. The van der Waals surface area contributed by atoms with Gasteiger partial charge in [-0.15, -0.1) is 0 Å². The van der Waals surface area contributed by atoms with Crippen LogP contribution in [-0.2, 0) is 13.1 Å². The fourth-order valence-corrected chi connectivity index (χ4v) is 2.12. The van der Waals surface area contributed by atoms with Gasteiger partial charge in [0.15, 0.2) is 0 Å². The molecular formula is C13H21N3O. The molecule has 1 aromatic rings. The Balaban J connectivity index is 1.86. The van der Waals surface area contributed by atoms with Crippen molar-refractivity contribution in [3.05, 3.63) is 35.4 Å². The predicted molar refractivity (Wildman–Crippen MR) is 67.8 cm³/mol. The Hall–Kier alpha value is -0.940. The number of rotatable bonds is 4. The van der Waals surface area contributed by atoms with Crippen molar-refractivity contribution in [1.29, 1.82) is 0 Å². The fraction of sp³-hybridized carbons (Fsp3) is 0.538. The standard InChI is InChI=1S/C13H21N3O/c1-15-6-8-16(9-7-15)11-13-4-2-12(3-5-13)10-14-17/h2-5,14,17H,6-11H2,1H3. The highest BCUT2D eigenvalue weighted by Crippen LogP contribution is 2.09. The molecular weight excluding hydrogens is 214 g/mol. The highest BCUT2D eigenvalue weighted by Gasteiger charge is 2.13. The Morgan fingerprint density at radius 1 is 1.06 bits per heavy atom. The summed E-state index contributed by atoms with van der Waals surface area (Å²) >= 11 is 0. The van der Waals surface area contributed by atoms with Gasteiger partial charge >= 0.3 is 0 Å². The maximum Gasteiger partial charge on any atom is 0.0458 e. The minimum absolute atomic E-state index is 0.509. The van der Waals surface area contributed by atoms with Crippen LogP contribution in [0.1, 0.15) is 11.1 Å². The van der Waals surface area contributed by atoms with Crippen molar-refractivity contribution in [1.82, 2.24) is 15.3 Å². The second kappa shape index (κ2) is 6.12. The molecule has 2 N–H and O–H groups in total. The summed E-state index contributed by atoms with van der Waals surface area (Å²) in [4.78, 5) is 4.85. The third-order valence-corrected chi connectivity index (χ3v) is 3.31. The summed E-state index contributed by atoms with van der Waals surface area (Å²) in [7, 11) is 2.17. The molecule has 0 spiro atoms. The minimum Gasteiger partial charge on any atom is -0.316 e. The Morgan fingerprint density at radius 3 is 2.24 bits per heavy atom. The summed E-state index contributed by atoms with van der Waals surface area (Å²) in [6.07, 6.45) is 0. The van der Waals surface area contributed by atoms with Gasteiger partial charge in [-0.1, -0.05) is 24.3 Å². The lowest BCUT2D eigenvalue weighted by Crippen LogP contribution is -2.43. The lowest BCUT2D eigenvalue weighted by molar-refractivity contribution is 0.148. The molecule has 1 aliphatic heterocycles. The van der Waals surface area contributed by atoms with Crippen molar-refractivity contribution >= 4 is 0 Å². The first kappa shape index (κ1) is 12.5. The normalized spacial score (nSPS) is 18.5. The van der Waals surface area contributed by atoms with E-state index in [0.717, 1.165) is 38.3 Å². The van der Waals surface area contributed by atoms with E-state index in [1.807, 2.05) is 0 Å². The predicted octanol–water partition coefficient (Wildman–Crippen LogP) is 0.913. The molecule has 0 unspecified atom stereocenters. The van der Waals surface area contributed by atoms with Crippen LogP contribution < -0.4 is 5.48 Å². The molecule has 2 rings (SSSR count). The fourth-order valence-electron chi connectivity index (χ4n) is 2.12. The van der Waals surface area contributed by atoms with E-state index in [1.165, 1.54) is 5.56 Å². The summed E-state index contributed by atoms with van der Waals surface area (Å²) in [5.41, 5.74) is 4.62. The zero-order valence-electron chi connectivity index (χ0n) is 10.4. The molecule has 0 radical (unpaired) electrons. The second-order valence-corrected chi connectivity index (χ2v) is 4.73. The van der Waals surface area contributed by atoms with Crippen LogP contribution in [0.2, 0.25) is 0 Å². The number of hydrogen-bond acceptors (Lipinski definition) is 4. The molecule has 0 amide bonds. The number of benzene rings is 1. The van der Waals surface area contributed by atoms with Crippen LogP contribution in [0.4, 0.5) is 0 Å². The first-order chi connectivity index (χ1) is 8.28. The van der Waals surface area contributed by atoms with Crippen molar-refractivity contribution in [3.63, 3.8) is 0 Å². The van der Waals surface area contributed by atoms with Crippen LogP contribution in [0.25, 0.3) is 0 Å². The topological polar surface area (TPSA) is 38.7 Å². The van der Waals surface area contributed by atoms with Crippen molar-refractivity contribution < 1.29 is 5.21 Å². The van der Waals surface area contributed by atoms with Crippen LogP contribution >= 0.6 is 0 Å². The molecule has 1 saturated heterocycles. The molecule has 0 atom stereocenters. The summed E-state index contributed by atoms with van der Waals surface area (Å²) in [5.74, 6) is 0. The average molecular weight is 235 g/mol. The van der Waals surface area contributed by atoms with E-state index in [0.29, 0.717) is 6.54 Å². The number of nitrogens with zero attached hydrogens (tertiary/aromatic N) is 2. The average Bonchev–Trinajstić information content (AvgIpc) is 2.35. The largest absolute Gasteiger partial charge is 0.316 e. The lowest BCUT2D eigenvalue weighted by Gasteiger charge is -2.32. The number of hydroxylamine groups is 1. The first-order valence-corrected chi connectivity index (χ1v) is 6.13. The van der Waals surface area contributed by atoms with Gasteiger partial charge in [-0.3, -0.25) is 4.90 Å². The van der Waals surface area contributed by atoms with Gasteiger partial charge in [0, 0.05) is 39.3 Å². The van der Waals surface area contributed by atoms with Gasteiger partial charge in [-0.2, -0.15) is 0 Å². The molecule has 0 aliphatic carbocycles. The summed E-state index contributed by atoms with van der Waals surface area (Å²) < 4.78 is 0. The SMILES string of the molecule is CN1CCN(Cc2ccc(CNO)cc2)CC1. The number of likely N-dealkylation sites (N-methyl/N-ethyl adjacent to an activating group) is 1. The van der Waals surface area contributed by atoms with E-state index in [1.54, 1.807) is 0 Å². The maximum atomic E-state index is 8.61. The number of nitrogens with one attached hydrogen (secondary N) is 1. The van der Waals surface area contributed by atoms with Gasteiger partial charge in [0.05, 0.1) is 0 Å². The smallest absolute Gasteiger partial charge is 0.0458 e. The van der Waals surface area contributed by atoms with Crippen molar-refractivity contribution in [2.75, 3.05) is 33.2 Å². The Bertz CT molecular complexity index is 331. The van der Waals surface area contributed by atoms with E-state index >= 15 is 0 Å². The van der Waals surface area contributed by atoms with Gasteiger partial charge < -0.3 is 10.1 Å². The zero-order valence-corrected chi connectivity index (χ0v) is 10.4. The molecule has 17 heavy (non-hydrogen) atoms. The van der Waals surface area contributed by atoms with E-state index in [2.05, 4.69) is 46.6 Å². The van der Waals surface area contributed by atoms with Crippen molar-refractivity contribution in [3.8, 4) is 0 Å². The molecule has 0 aromatic heterocycles. The van der Waals surface area contributed by atoms with Gasteiger partial charge in [0.1, 0.15) is 0 Å². The molecule has 0 bridgehead atoms. The lowest BCUT2D eigenvalue weighted by atomic mass is 10.1. The highest BCUT2D eigenvalue weighted by molar-refractivity contribution is 5.22. The second-order valence-electron chi connectivity index (χ2n) is 4.73. The van der Waals surface area contributed by atoms with Crippen LogP contribution in [0.15, 0.2) is 24.3 Å². The minimum atomic E-state index is 0.509.